The summed E-state index contributed by atoms with van der Waals surface area (Å²) in [5.74, 6) is -0.520. The third kappa shape index (κ3) is 1.90. The molecule has 0 heterocycles. The molecule has 1 aromatic carbocycles. The van der Waals surface area contributed by atoms with E-state index in [1.54, 1.807) is 0 Å². The van der Waals surface area contributed by atoms with Gasteiger partial charge in [-0.05, 0) is 41.2 Å². The molecule has 1 aliphatic rings. The van der Waals surface area contributed by atoms with Gasteiger partial charge in [-0.3, -0.25) is 0 Å². The average molecular weight is 223 g/mol. The zero-order chi connectivity index (χ0) is 11.0. The number of carbonyl (C=O) groups is 1. The summed E-state index contributed by atoms with van der Waals surface area (Å²) in [6.45, 7) is 2.09. The Labute approximate surface area is 93.2 Å². The summed E-state index contributed by atoms with van der Waals surface area (Å²) < 4.78 is 0. The van der Waals surface area contributed by atoms with E-state index in [4.69, 9.17) is 16.7 Å². The van der Waals surface area contributed by atoms with Crippen LogP contribution < -0.4 is 0 Å². The van der Waals surface area contributed by atoms with Gasteiger partial charge in [0.15, 0.2) is 0 Å². The molecule has 0 saturated heterocycles. The molecule has 15 heavy (non-hydrogen) atoms. The van der Waals surface area contributed by atoms with Gasteiger partial charge in [-0.2, -0.15) is 0 Å². The second kappa shape index (κ2) is 3.70. The predicted molar refractivity (Wildman–Crippen MR) is 60.1 cm³/mol. The van der Waals surface area contributed by atoms with Crippen LogP contribution in [0.2, 0.25) is 5.02 Å². The van der Waals surface area contributed by atoms with Crippen LogP contribution in [-0.2, 0) is 4.79 Å². The molecule has 1 aromatic rings. The third-order valence-corrected chi connectivity index (χ3v) is 2.95. The zero-order valence-corrected chi connectivity index (χ0v) is 9.08. The van der Waals surface area contributed by atoms with E-state index in [0.717, 1.165) is 17.6 Å². The molecule has 0 aliphatic heterocycles. The summed E-state index contributed by atoms with van der Waals surface area (Å²) in [6, 6.07) is 5.67. The maximum Gasteiger partial charge on any atom is 0.328 e. The Morgan fingerprint density at radius 3 is 3.00 bits per heavy atom. The first-order chi connectivity index (χ1) is 7.08. The highest BCUT2D eigenvalue weighted by molar-refractivity contribution is 6.30. The van der Waals surface area contributed by atoms with Gasteiger partial charge in [-0.1, -0.05) is 24.6 Å². The average Bonchev–Trinajstić information content (AvgIpc) is 2.42. The molecule has 78 valence electrons. The topological polar surface area (TPSA) is 37.3 Å². The molecule has 2 nitrogen and oxygen atoms in total. The Balaban J connectivity index is 2.53. The Morgan fingerprint density at radius 1 is 1.60 bits per heavy atom. The fraction of sp³-hybridized carbons (Fsp3) is 0.250. The van der Waals surface area contributed by atoms with Crippen molar-refractivity contribution in [2.45, 2.75) is 19.3 Å². The maximum absolute atomic E-state index is 10.6. The highest BCUT2D eigenvalue weighted by atomic mass is 35.5. The number of hydrogen-bond donors (Lipinski definition) is 1. The summed E-state index contributed by atoms with van der Waals surface area (Å²) >= 11 is 5.90. The molecule has 0 bridgehead atoms. The number of carboxylic acids is 1. The van der Waals surface area contributed by atoms with E-state index in [2.05, 4.69) is 6.92 Å². The predicted octanol–water partition coefficient (Wildman–Crippen LogP) is 3.32. The van der Waals surface area contributed by atoms with Crippen LogP contribution in [0, 0.1) is 0 Å². The van der Waals surface area contributed by atoms with Gasteiger partial charge in [-0.15, -0.1) is 0 Å². The molecule has 0 amide bonds. The molecule has 0 radical (unpaired) electrons. The van der Waals surface area contributed by atoms with Crippen molar-refractivity contribution in [1.29, 1.82) is 0 Å². The SMILES string of the molecule is CC1C/C(=C\C(=O)O)c2cc(Cl)ccc21. The van der Waals surface area contributed by atoms with Crippen LogP contribution in [0.25, 0.3) is 5.57 Å². The number of fused-ring (bicyclic) bond motifs is 1. The molecule has 1 atom stereocenters. The van der Waals surface area contributed by atoms with Gasteiger partial charge in [0, 0.05) is 11.1 Å². The minimum Gasteiger partial charge on any atom is -0.478 e. The molecule has 0 aromatic heterocycles. The van der Waals surface area contributed by atoms with Crippen LogP contribution in [0.5, 0.6) is 0 Å². The molecule has 3 heteroatoms. The summed E-state index contributed by atoms with van der Waals surface area (Å²) in [4.78, 5) is 10.6. The molecule has 2 rings (SSSR count). The standard InChI is InChI=1S/C12H11ClO2/c1-7-4-8(5-12(14)15)11-6-9(13)2-3-10(7)11/h2-3,5-7H,4H2,1H3,(H,14,15)/b8-5+. The first-order valence-electron chi connectivity index (χ1n) is 4.81. The summed E-state index contributed by atoms with van der Waals surface area (Å²) in [6.07, 6.45) is 2.06. The van der Waals surface area contributed by atoms with Gasteiger partial charge in [-0.25, -0.2) is 4.79 Å². The van der Waals surface area contributed by atoms with E-state index in [1.807, 2.05) is 18.2 Å². The minimum absolute atomic E-state index is 0.378. The number of carboxylic acid groups (broad SMARTS) is 1. The molecular weight excluding hydrogens is 212 g/mol. The van der Waals surface area contributed by atoms with E-state index >= 15 is 0 Å². The van der Waals surface area contributed by atoms with Gasteiger partial charge in [0.1, 0.15) is 0 Å². The number of aliphatic carboxylic acids is 1. The number of benzene rings is 1. The Hall–Kier alpha value is -1.28. The smallest absolute Gasteiger partial charge is 0.328 e. The lowest BCUT2D eigenvalue weighted by Gasteiger charge is -2.02. The number of allylic oxidation sites excluding steroid dienone is 1. The van der Waals surface area contributed by atoms with E-state index in [1.165, 1.54) is 11.6 Å². The maximum atomic E-state index is 10.6. The van der Waals surface area contributed by atoms with Crippen LogP contribution in [0.4, 0.5) is 0 Å². The van der Waals surface area contributed by atoms with Crippen molar-refractivity contribution in [3.63, 3.8) is 0 Å². The normalized spacial score (nSPS) is 21.7. The van der Waals surface area contributed by atoms with Gasteiger partial charge < -0.3 is 5.11 Å². The van der Waals surface area contributed by atoms with Gasteiger partial charge in [0.2, 0.25) is 0 Å². The molecule has 0 spiro atoms. The van der Waals surface area contributed by atoms with Crippen LogP contribution in [0.3, 0.4) is 0 Å². The zero-order valence-electron chi connectivity index (χ0n) is 8.33. The van der Waals surface area contributed by atoms with Crippen LogP contribution in [0.1, 0.15) is 30.4 Å². The van der Waals surface area contributed by atoms with Crippen molar-refractivity contribution < 1.29 is 9.90 Å². The lowest BCUT2D eigenvalue weighted by molar-refractivity contribution is -0.131. The quantitative estimate of drug-likeness (QED) is 0.741. The lowest BCUT2D eigenvalue weighted by Crippen LogP contribution is -1.89. The van der Waals surface area contributed by atoms with Crippen molar-refractivity contribution >= 4 is 23.1 Å². The fourth-order valence-electron chi connectivity index (χ4n) is 2.07. The number of halogens is 1. The molecule has 1 unspecified atom stereocenters. The monoisotopic (exact) mass is 222 g/mol. The van der Waals surface area contributed by atoms with Crippen molar-refractivity contribution in [2.24, 2.45) is 0 Å². The van der Waals surface area contributed by atoms with Crippen molar-refractivity contribution in [1.82, 2.24) is 0 Å². The number of hydrogen-bond acceptors (Lipinski definition) is 1. The highest BCUT2D eigenvalue weighted by Crippen LogP contribution is 2.41. The van der Waals surface area contributed by atoms with Gasteiger partial charge in [0.25, 0.3) is 0 Å². The Morgan fingerprint density at radius 2 is 2.33 bits per heavy atom. The second-order valence-electron chi connectivity index (χ2n) is 3.84. The lowest BCUT2D eigenvalue weighted by atomic mass is 10.0. The molecule has 0 fully saturated rings. The first kappa shape index (κ1) is 10.2. The van der Waals surface area contributed by atoms with Crippen LogP contribution >= 0.6 is 11.6 Å². The Kier molecular flexibility index (Phi) is 2.53. The van der Waals surface area contributed by atoms with Gasteiger partial charge >= 0.3 is 5.97 Å². The van der Waals surface area contributed by atoms with Crippen molar-refractivity contribution in [2.75, 3.05) is 0 Å². The highest BCUT2D eigenvalue weighted by Gasteiger charge is 2.23. The van der Waals surface area contributed by atoms with E-state index < -0.39 is 5.97 Å². The minimum atomic E-state index is -0.898. The summed E-state index contributed by atoms with van der Waals surface area (Å²) in [5, 5.41) is 9.40. The van der Waals surface area contributed by atoms with Crippen LogP contribution in [0.15, 0.2) is 24.3 Å². The van der Waals surface area contributed by atoms with Gasteiger partial charge in [0.05, 0.1) is 0 Å². The number of rotatable bonds is 1. The Bertz CT molecular complexity index is 449. The van der Waals surface area contributed by atoms with E-state index in [-0.39, 0.29) is 0 Å². The summed E-state index contributed by atoms with van der Waals surface area (Å²) in [5.41, 5.74) is 3.04. The molecule has 0 saturated carbocycles. The molecule has 1 N–H and O–H groups in total. The summed E-state index contributed by atoms with van der Waals surface area (Å²) in [7, 11) is 0. The third-order valence-electron chi connectivity index (χ3n) is 2.72. The van der Waals surface area contributed by atoms with Crippen LogP contribution in [-0.4, -0.2) is 11.1 Å². The fourth-order valence-corrected chi connectivity index (χ4v) is 2.24. The second-order valence-corrected chi connectivity index (χ2v) is 4.28. The van der Waals surface area contributed by atoms with E-state index in [9.17, 15) is 4.79 Å². The van der Waals surface area contributed by atoms with E-state index in [0.29, 0.717) is 10.9 Å². The molecule has 1 aliphatic carbocycles. The van der Waals surface area contributed by atoms with Crippen molar-refractivity contribution in [3.05, 3.63) is 40.4 Å². The molecular formula is C12H11ClO2. The van der Waals surface area contributed by atoms with Crippen molar-refractivity contribution in [3.8, 4) is 0 Å². The largest absolute Gasteiger partial charge is 0.478 e. The first-order valence-corrected chi connectivity index (χ1v) is 5.19.